The number of unbranched alkanes of at least 4 members (excludes halogenated alkanes) is 2. The van der Waals surface area contributed by atoms with Gasteiger partial charge in [0.15, 0.2) is 0 Å². The van der Waals surface area contributed by atoms with E-state index >= 15 is 0 Å². The lowest BCUT2D eigenvalue weighted by Crippen LogP contribution is -2.07. The van der Waals surface area contributed by atoms with E-state index in [0.29, 0.717) is 18.8 Å². The maximum absolute atomic E-state index is 11.9. The number of hydrogen-bond acceptors (Lipinski definition) is 3. The molecule has 0 aliphatic heterocycles. The second kappa shape index (κ2) is 9.04. The van der Waals surface area contributed by atoms with Crippen LogP contribution in [0.4, 0.5) is 0 Å². The van der Waals surface area contributed by atoms with E-state index in [9.17, 15) is 4.79 Å². The second-order valence-corrected chi connectivity index (χ2v) is 6.42. The van der Waals surface area contributed by atoms with Crippen molar-refractivity contribution < 1.29 is 14.3 Å². The molecular weight excluding hydrogens is 324 g/mol. The number of hydrogen-bond donors (Lipinski definition) is 0. The highest BCUT2D eigenvalue weighted by molar-refractivity contribution is 5.89. The highest BCUT2D eigenvalue weighted by Gasteiger charge is 2.05. The smallest absolute Gasteiger partial charge is 0.338 e. The van der Waals surface area contributed by atoms with E-state index < -0.39 is 0 Å². The van der Waals surface area contributed by atoms with Gasteiger partial charge in [0.2, 0.25) is 0 Å². The second-order valence-electron chi connectivity index (χ2n) is 6.42. The Hall–Kier alpha value is -2.81. The number of rotatable bonds is 8. The van der Waals surface area contributed by atoms with Crippen molar-refractivity contribution >= 4 is 16.7 Å². The standard InChI is InChI=1S/C23H24O3/c1-18-9-11-20(12-10-18)23(24)26-16-6-2-5-15-25-22-14-13-19-7-3-4-8-21(19)17-22/h3-4,7-14,17H,2,5-6,15-16H2,1H3. The third-order valence-corrected chi connectivity index (χ3v) is 4.30. The molecular formula is C23H24O3. The lowest BCUT2D eigenvalue weighted by Gasteiger charge is -2.08. The number of ether oxygens (including phenoxy) is 2. The minimum atomic E-state index is -0.252. The lowest BCUT2D eigenvalue weighted by molar-refractivity contribution is 0.0497. The van der Waals surface area contributed by atoms with Gasteiger partial charge in [-0.25, -0.2) is 4.79 Å². The molecule has 0 N–H and O–H groups in total. The van der Waals surface area contributed by atoms with E-state index in [-0.39, 0.29) is 5.97 Å². The Bertz CT molecular complexity index is 853. The zero-order chi connectivity index (χ0) is 18.2. The van der Waals surface area contributed by atoms with Crippen LogP contribution in [0.25, 0.3) is 10.8 Å². The van der Waals surface area contributed by atoms with Crippen LogP contribution >= 0.6 is 0 Å². The maximum atomic E-state index is 11.9. The summed E-state index contributed by atoms with van der Waals surface area (Å²) in [6.07, 6.45) is 2.75. The van der Waals surface area contributed by atoms with Gasteiger partial charge < -0.3 is 9.47 Å². The molecule has 0 atom stereocenters. The summed E-state index contributed by atoms with van der Waals surface area (Å²) in [5.41, 5.74) is 1.74. The number of benzene rings is 3. The summed E-state index contributed by atoms with van der Waals surface area (Å²) in [6.45, 7) is 3.11. The van der Waals surface area contributed by atoms with Gasteiger partial charge in [0.25, 0.3) is 0 Å². The topological polar surface area (TPSA) is 35.5 Å². The normalized spacial score (nSPS) is 10.7. The molecule has 0 spiro atoms. The highest BCUT2D eigenvalue weighted by atomic mass is 16.5. The molecule has 134 valence electrons. The largest absolute Gasteiger partial charge is 0.494 e. The predicted octanol–water partition coefficient (Wildman–Crippen LogP) is 5.55. The van der Waals surface area contributed by atoms with Gasteiger partial charge in [-0.3, -0.25) is 0 Å². The number of esters is 1. The number of fused-ring (bicyclic) bond motifs is 1. The van der Waals surface area contributed by atoms with Crippen molar-refractivity contribution in [3.63, 3.8) is 0 Å². The summed E-state index contributed by atoms with van der Waals surface area (Å²) in [5.74, 6) is 0.645. The molecule has 0 aliphatic carbocycles. The molecule has 3 nitrogen and oxygen atoms in total. The van der Waals surface area contributed by atoms with Gasteiger partial charge in [0.1, 0.15) is 5.75 Å². The fraction of sp³-hybridized carbons (Fsp3) is 0.261. The molecule has 0 aliphatic rings. The van der Waals surface area contributed by atoms with Crippen molar-refractivity contribution in [3.8, 4) is 5.75 Å². The molecule has 0 saturated heterocycles. The molecule has 0 fully saturated rings. The Labute approximate surface area is 154 Å². The summed E-state index contributed by atoms with van der Waals surface area (Å²) in [4.78, 5) is 11.9. The SMILES string of the molecule is Cc1ccc(C(=O)OCCCCCOc2ccc3ccccc3c2)cc1. The Balaban J connectivity index is 1.31. The minimum Gasteiger partial charge on any atom is -0.494 e. The predicted molar refractivity (Wildman–Crippen MR) is 105 cm³/mol. The average Bonchev–Trinajstić information content (AvgIpc) is 2.67. The van der Waals surface area contributed by atoms with E-state index in [1.54, 1.807) is 12.1 Å². The first kappa shape index (κ1) is 18.0. The Morgan fingerprint density at radius 1 is 0.808 bits per heavy atom. The quantitative estimate of drug-likeness (QED) is 0.395. The molecule has 0 radical (unpaired) electrons. The molecule has 0 saturated carbocycles. The summed E-state index contributed by atoms with van der Waals surface area (Å²) in [7, 11) is 0. The molecule has 0 bridgehead atoms. The first-order valence-electron chi connectivity index (χ1n) is 9.08. The van der Waals surface area contributed by atoms with Gasteiger partial charge in [0.05, 0.1) is 18.8 Å². The third-order valence-electron chi connectivity index (χ3n) is 4.30. The van der Waals surface area contributed by atoms with E-state index in [4.69, 9.17) is 9.47 Å². The molecule has 26 heavy (non-hydrogen) atoms. The first-order chi connectivity index (χ1) is 12.7. The van der Waals surface area contributed by atoms with Crippen LogP contribution in [0.5, 0.6) is 5.75 Å². The van der Waals surface area contributed by atoms with Crippen molar-refractivity contribution in [2.75, 3.05) is 13.2 Å². The molecule has 3 rings (SSSR count). The first-order valence-corrected chi connectivity index (χ1v) is 9.08. The zero-order valence-electron chi connectivity index (χ0n) is 15.1. The monoisotopic (exact) mass is 348 g/mol. The molecule has 3 aromatic rings. The number of carbonyl (C=O) groups excluding carboxylic acids is 1. The van der Waals surface area contributed by atoms with Crippen LogP contribution in [0.15, 0.2) is 66.7 Å². The molecule has 3 heteroatoms. The third kappa shape index (κ3) is 5.09. The summed E-state index contributed by atoms with van der Waals surface area (Å²) in [6, 6.07) is 21.8. The van der Waals surface area contributed by atoms with E-state index in [0.717, 1.165) is 30.6 Å². The van der Waals surface area contributed by atoms with Crippen molar-refractivity contribution in [1.29, 1.82) is 0 Å². The number of aryl methyl sites for hydroxylation is 1. The maximum Gasteiger partial charge on any atom is 0.338 e. The zero-order valence-corrected chi connectivity index (χ0v) is 15.1. The van der Waals surface area contributed by atoms with E-state index in [1.807, 2.05) is 37.3 Å². The van der Waals surface area contributed by atoms with Gasteiger partial charge in [0, 0.05) is 0 Å². The molecule has 0 unspecified atom stereocenters. The molecule has 0 heterocycles. The van der Waals surface area contributed by atoms with E-state index in [2.05, 4.69) is 24.3 Å². The van der Waals surface area contributed by atoms with Crippen LogP contribution in [0.1, 0.15) is 35.2 Å². The van der Waals surface area contributed by atoms with Gasteiger partial charge in [-0.2, -0.15) is 0 Å². The Kier molecular flexibility index (Phi) is 6.26. The van der Waals surface area contributed by atoms with Crippen LogP contribution in [0.2, 0.25) is 0 Å². The minimum absolute atomic E-state index is 0.252. The summed E-state index contributed by atoms with van der Waals surface area (Å²) < 4.78 is 11.1. The van der Waals surface area contributed by atoms with Crippen LogP contribution < -0.4 is 4.74 Å². The summed E-state index contributed by atoms with van der Waals surface area (Å²) >= 11 is 0. The average molecular weight is 348 g/mol. The molecule has 0 amide bonds. The lowest BCUT2D eigenvalue weighted by atomic mass is 10.1. The van der Waals surface area contributed by atoms with Crippen LogP contribution in [0.3, 0.4) is 0 Å². The fourth-order valence-electron chi connectivity index (χ4n) is 2.77. The van der Waals surface area contributed by atoms with Crippen molar-refractivity contribution in [2.24, 2.45) is 0 Å². The van der Waals surface area contributed by atoms with Gasteiger partial charge >= 0.3 is 5.97 Å². The molecule has 0 aromatic heterocycles. The summed E-state index contributed by atoms with van der Waals surface area (Å²) in [5, 5.41) is 2.41. The van der Waals surface area contributed by atoms with Gasteiger partial charge in [-0.15, -0.1) is 0 Å². The van der Waals surface area contributed by atoms with Crippen LogP contribution in [-0.2, 0) is 4.74 Å². The Morgan fingerprint density at radius 3 is 2.35 bits per heavy atom. The van der Waals surface area contributed by atoms with Gasteiger partial charge in [-0.1, -0.05) is 48.0 Å². The highest BCUT2D eigenvalue weighted by Crippen LogP contribution is 2.20. The number of carbonyl (C=O) groups is 1. The fourth-order valence-corrected chi connectivity index (χ4v) is 2.77. The van der Waals surface area contributed by atoms with Gasteiger partial charge in [-0.05, 0) is 61.2 Å². The van der Waals surface area contributed by atoms with E-state index in [1.165, 1.54) is 10.8 Å². The van der Waals surface area contributed by atoms with Crippen LogP contribution in [-0.4, -0.2) is 19.2 Å². The van der Waals surface area contributed by atoms with Crippen LogP contribution in [0, 0.1) is 6.92 Å². The Morgan fingerprint density at radius 2 is 1.54 bits per heavy atom. The van der Waals surface area contributed by atoms with Crippen molar-refractivity contribution in [3.05, 3.63) is 77.9 Å². The molecule has 3 aromatic carbocycles. The van der Waals surface area contributed by atoms with Crippen molar-refractivity contribution in [1.82, 2.24) is 0 Å². The van der Waals surface area contributed by atoms with Crippen molar-refractivity contribution in [2.45, 2.75) is 26.2 Å².